The van der Waals surface area contributed by atoms with Gasteiger partial charge in [0.25, 0.3) is 5.82 Å². The van der Waals surface area contributed by atoms with Crippen LogP contribution in [0.2, 0.25) is 0 Å². The fourth-order valence-corrected chi connectivity index (χ4v) is 2.16. The predicted molar refractivity (Wildman–Crippen MR) is 73.6 cm³/mol. The Kier molecular flexibility index (Phi) is 2.72. The first-order valence-corrected chi connectivity index (χ1v) is 6.33. The molecule has 0 atom stereocenters. The maximum absolute atomic E-state index is 11.9. The number of benzene rings is 1. The number of carbonyl (C=O) groups excluding carboxylic acids is 1. The fraction of sp³-hybridized carbons (Fsp3) is 0. The van der Waals surface area contributed by atoms with E-state index in [1.54, 1.807) is 0 Å². The van der Waals surface area contributed by atoms with Gasteiger partial charge in [-0.1, -0.05) is 34.1 Å². The number of carbonyl (C=O) groups is 1. The summed E-state index contributed by atoms with van der Waals surface area (Å²) >= 11 is 3.39. The Balaban J connectivity index is 2.07. The van der Waals surface area contributed by atoms with Crippen molar-refractivity contribution in [2.45, 2.75) is 0 Å². The van der Waals surface area contributed by atoms with Crippen molar-refractivity contribution >= 4 is 39.4 Å². The zero-order valence-corrected chi connectivity index (χ0v) is 11.0. The highest BCUT2D eigenvalue weighted by Crippen LogP contribution is 2.18. The molecule has 1 N–H and O–H groups in total. The smallest absolute Gasteiger partial charge is 0.237 e. The van der Waals surface area contributed by atoms with Crippen LogP contribution in [0, 0.1) is 0 Å². The van der Waals surface area contributed by atoms with Crippen LogP contribution in [0.4, 0.5) is 5.82 Å². The van der Waals surface area contributed by atoms with Crippen molar-refractivity contribution in [3.05, 3.63) is 58.7 Å². The number of amides is 1. The average molecular weight is 302 g/mol. The minimum atomic E-state index is -0.0795. The number of aromatic nitrogens is 1. The Labute approximate surface area is 113 Å². The van der Waals surface area contributed by atoms with Crippen LogP contribution < -0.4 is 9.88 Å². The number of pyridine rings is 1. The summed E-state index contributed by atoms with van der Waals surface area (Å²) in [7, 11) is 0. The molecule has 0 radical (unpaired) electrons. The number of halogens is 1. The van der Waals surface area contributed by atoms with E-state index in [0.29, 0.717) is 5.70 Å². The van der Waals surface area contributed by atoms with Gasteiger partial charge in [0.2, 0.25) is 5.70 Å². The van der Waals surface area contributed by atoms with Gasteiger partial charge in [0.15, 0.2) is 0 Å². The zero-order chi connectivity index (χ0) is 12.5. The highest BCUT2D eigenvalue weighted by molar-refractivity contribution is 9.10. The molecule has 1 aromatic heterocycles. The van der Waals surface area contributed by atoms with Crippen LogP contribution in [0.3, 0.4) is 0 Å². The Hall–Kier alpha value is -1.94. The maximum atomic E-state index is 11.9. The van der Waals surface area contributed by atoms with Gasteiger partial charge >= 0.3 is 5.91 Å². The summed E-state index contributed by atoms with van der Waals surface area (Å²) in [6.07, 6.45) is 3.75. The van der Waals surface area contributed by atoms with Crippen LogP contribution >= 0.6 is 15.9 Å². The Morgan fingerprint density at radius 1 is 1.11 bits per heavy atom. The van der Waals surface area contributed by atoms with E-state index in [2.05, 4.69) is 21.2 Å². The second kappa shape index (κ2) is 4.38. The molecule has 1 aliphatic rings. The van der Waals surface area contributed by atoms with Gasteiger partial charge in [0.05, 0.1) is 6.20 Å². The first-order valence-electron chi connectivity index (χ1n) is 5.54. The first-order chi connectivity index (χ1) is 8.74. The SMILES string of the molecule is O=C1Nc2cccc[n+]2/C1=C/c1ccc(Br)cc1. The standard InChI is InChI=1S/C14H9BrN2O/c15-11-6-4-10(5-7-11)9-12-14(18)16-13-3-1-2-8-17(12)13/h1-9H/p+1/b12-9+. The van der Waals surface area contributed by atoms with Gasteiger partial charge in [-0.2, -0.15) is 4.57 Å². The molecule has 0 saturated carbocycles. The maximum Gasteiger partial charge on any atom is 0.379 e. The molecular formula is C14H10BrN2O+. The van der Waals surface area contributed by atoms with Crippen LogP contribution in [0.1, 0.15) is 5.56 Å². The molecule has 88 valence electrons. The van der Waals surface area contributed by atoms with Gasteiger partial charge in [-0.05, 0) is 23.8 Å². The molecule has 0 bridgehead atoms. The van der Waals surface area contributed by atoms with E-state index in [1.807, 2.05) is 59.3 Å². The summed E-state index contributed by atoms with van der Waals surface area (Å²) in [6, 6.07) is 13.5. The lowest BCUT2D eigenvalue weighted by atomic mass is 10.2. The number of hydrogen-bond donors (Lipinski definition) is 1. The minimum Gasteiger partial charge on any atom is -0.237 e. The van der Waals surface area contributed by atoms with Crippen LogP contribution in [-0.2, 0) is 4.79 Å². The molecule has 0 spiro atoms. The number of anilines is 1. The van der Waals surface area contributed by atoms with Crippen molar-refractivity contribution in [2.24, 2.45) is 0 Å². The summed E-state index contributed by atoms with van der Waals surface area (Å²) in [5, 5.41) is 2.83. The highest BCUT2D eigenvalue weighted by atomic mass is 79.9. The molecule has 0 saturated heterocycles. The normalized spacial score (nSPS) is 15.6. The number of rotatable bonds is 1. The minimum absolute atomic E-state index is 0.0795. The number of nitrogens with zero attached hydrogens (tertiary/aromatic N) is 1. The Morgan fingerprint density at radius 2 is 1.89 bits per heavy atom. The molecule has 1 amide bonds. The third-order valence-electron chi connectivity index (χ3n) is 2.77. The molecule has 0 unspecified atom stereocenters. The molecule has 2 heterocycles. The second-order valence-corrected chi connectivity index (χ2v) is 4.91. The molecule has 2 aromatic rings. The van der Waals surface area contributed by atoms with Gasteiger partial charge < -0.3 is 0 Å². The van der Waals surface area contributed by atoms with Gasteiger partial charge in [-0.3, -0.25) is 0 Å². The molecule has 0 aliphatic carbocycles. The number of nitrogens with one attached hydrogen (secondary N) is 1. The number of fused-ring (bicyclic) bond motifs is 1. The van der Waals surface area contributed by atoms with Crippen molar-refractivity contribution in [1.29, 1.82) is 0 Å². The summed E-state index contributed by atoms with van der Waals surface area (Å²) < 4.78 is 2.87. The monoisotopic (exact) mass is 301 g/mol. The van der Waals surface area contributed by atoms with Gasteiger partial charge in [-0.15, -0.1) is 0 Å². The summed E-state index contributed by atoms with van der Waals surface area (Å²) in [4.78, 5) is 11.9. The largest absolute Gasteiger partial charge is 0.379 e. The van der Waals surface area contributed by atoms with Crippen LogP contribution in [0.15, 0.2) is 53.1 Å². The van der Waals surface area contributed by atoms with E-state index in [9.17, 15) is 4.79 Å². The molecule has 3 nitrogen and oxygen atoms in total. The van der Waals surface area contributed by atoms with Gasteiger partial charge in [-0.25, -0.2) is 10.1 Å². The van der Waals surface area contributed by atoms with Crippen molar-refractivity contribution in [2.75, 3.05) is 5.32 Å². The van der Waals surface area contributed by atoms with Crippen molar-refractivity contribution < 1.29 is 9.36 Å². The first kappa shape index (κ1) is 11.2. The van der Waals surface area contributed by atoms with Crippen LogP contribution in [0.5, 0.6) is 0 Å². The Bertz CT molecular complexity index is 647. The van der Waals surface area contributed by atoms with Crippen LogP contribution in [-0.4, -0.2) is 5.91 Å². The second-order valence-electron chi connectivity index (χ2n) is 3.99. The highest BCUT2D eigenvalue weighted by Gasteiger charge is 2.31. The van der Waals surface area contributed by atoms with E-state index in [0.717, 1.165) is 15.9 Å². The Morgan fingerprint density at radius 3 is 2.67 bits per heavy atom. The van der Waals surface area contributed by atoms with Crippen molar-refractivity contribution in [1.82, 2.24) is 0 Å². The molecule has 1 aromatic carbocycles. The van der Waals surface area contributed by atoms with Gasteiger partial charge in [0, 0.05) is 16.6 Å². The van der Waals surface area contributed by atoms with E-state index >= 15 is 0 Å². The summed E-state index contributed by atoms with van der Waals surface area (Å²) in [6.45, 7) is 0. The summed E-state index contributed by atoms with van der Waals surface area (Å²) in [5.41, 5.74) is 1.63. The third-order valence-corrected chi connectivity index (χ3v) is 3.30. The number of hydrogen-bond acceptors (Lipinski definition) is 1. The third kappa shape index (κ3) is 1.95. The van der Waals surface area contributed by atoms with E-state index < -0.39 is 0 Å². The van der Waals surface area contributed by atoms with Crippen molar-refractivity contribution in [3.63, 3.8) is 0 Å². The van der Waals surface area contributed by atoms with Gasteiger partial charge in [0.1, 0.15) is 0 Å². The van der Waals surface area contributed by atoms with E-state index in [4.69, 9.17) is 0 Å². The average Bonchev–Trinajstić information content (AvgIpc) is 2.69. The molecule has 1 aliphatic heterocycles. The molecule has 3 rings (SSSR count). The quantitative estimate of drug-likeness (QED) is 0.637. The molecule has 18 heavy (non-hydrogen) atoms. The lowest BCUT2D eigenvalue weighted by molar-refractivity contribution is -0.556. The van der Waals surface area contributed by atoms with E-state index in [-0.39, 0.29) is 5.91 Å². The molecule has 4 heteroatoms. The van der Waals surface area contributed by atoms with Crippen molar-refractivity contribution in [3.8, 4) is 0 Å². The van der Waals surface area contributed by atoms with Crippen LogP contribution in [0.25, 0.3) is 11.8 Å². The van der Waals surface area contributed by atoms with E-state index in [1.165, 1.54) is 0 Å². The molecule has 0 fully saturated rings. The zero-order valence-electron chi connectivity index (χ0n) is 9.43. The lowest BCUT2D eigenvalue weighted by Crippen LogP contribution is -2.29. The fourth-order valence-electron chi connectivity index (χ4n) is 1.90. The topological polar surface area (TPSA) is 33.0 Å². The molecular weight excluding hydrogens is 292 g/mol. The lowest BCUT2D eigenvalue weighted by Gasteiger charge is -1.96. The predicted octanol–water partition coefficient (Wildman–Crippen LogP) is 2.69. The summed E-state index contributed by atoms with van der Waals surface area (Å²) in [5.74, 6) is 0.718.